The summed E-state index contributed by atoms with van der Waals surface area (Å²) in [6.07, 6.45) is 1.30. The number of hydrogen-bond donors (Lipinski definition) is 2. The average molecular weight is 378 g/mol. The Bertz CT molecular complexity index is 786. The van der Waals surface area contributed by atoms with Gasteiger partial charge in [0, 0.05) is 19.6 Å². The number of piperidine rings is 1. The van der Waals surface area contributed by atoms with Gasteiger partial charge in [-0.1, -0.05) is 11.3 Å². The molecule has 2 aromatic rings. The zero-order chi connectivity index (χ0) is 18.5. The zero-order valence-corrected chi connectivity index (χ0v) is 15.4. The second kappa shape index (κ2) is 8.22. The van der Waals surface area contributed by atoms with Gasteiger partial charge in [0.05, 0.1) is 17.3 Å². The van der Waals surface area contributed by atoms with Crippen LogP contribution in [-0.2, 0) is 9.53 Å². The van der Waals surface area contributed by atoms with Gasteiger partial charge in [-0.3, -0.25) is 4.79 Å². The molecule has 0 unspecified atom stereocenters. The molecular formula is C17H22N4O4S. The Balaban J connectivity index is 1.49. The van der Waals surface area contributed by atoms with Crippen molar-refractivity contribution in [2.24, 2.45) is 11.7 Å². The number of benzene rings is 1. The molecule has 26 heavy (non-hydrogen) atoms. The van der Waals surface area contributed by atoms with Crippen LogP contribution in [0.15, 0.2) is 18.2 Å². The molecule has 0 spiro atoms. The van der Waals surface area contributed by atoms with Crippen LogP contribution in [0.5, 0.6) is 5.75 Å². The monoisotopic (exact) mass is 378 g/mol. The van der Waals surface area contributed by atoms with Gasteiger partial charge in [-0.15, -0.1) is 0 Å². The normalized spacial score (nSPS) is 15.0. The Morgan fingerprint density at radius 2 is 2.15 bits per heavy atom. The molecule has 1 aromatic carbocycles. The number of hydrogen-bond acceptors (Lipinski definition) is 7. The number of thiazole rings is 1. The lowest BCUT2D eigenvalue weighted by Gasteiger charge is -2.31. The molecular weight excluding hydrogens is 356 g/mol. The summed E-state index contributed by atoms with van der Waals surface area (Å²) in [7, 11) is 1.66. The number of nitrogens with zero attached hydrogens (tertiary/aromatic N) is 2. The minimum Gasteiger partial charge on any atom is -0.497 e. The van der Waals surface area contributed by atoms with Crippen LogP contribution in [-0.4, -0.2) is 50.3 Å². The van der Waals surface area contributed by atoms with Crippen LogP contribution in [0.2, 0.25) is 0 Å². The first kappa shape index (κ1) is 18.2. The smallest absolute Gasteiger partial charge is 0.407 e. The van der Waals surface area contributed by atoms with Gasteiger partial charge in [0.1, 0.15) is 5.75 Å². The van der Waals surface area contributed by atoms with Crippen molar-refractivity contribution in [1.82, 2.24) is 10.3 Å². The van der Waals surface area contributed by atoms with E-state index >= 15 is 0 Å². The molecule has 3 rings (SSSR count). The van der Waals surface area contributed by atoms with Crippen LogP contribution in [0, 0.1) is 5.92 Å². The first-order valence-corrected chi connectivity index (χ1v) is 9.25. The molecule has 140 valence electrons. The Morgan fingerprint density at radius 3 is 2.85 bits per heavy atom. The molecule has 0 aliphatic carbocycles. The molecule has 2 heterocycles. The standard InChI is InChI=1S/C17H22N4O4S/c1-24-12-2-3-13-14(8-12)26-16(20-13)21-6-4-11(5-7-21)9-19-17(23)25-10-15(18)22/h2-3,8,11H,4-7,9-10H2,1H3,(H2,18,22)(H,19,23). The van der Waals surface area contributed by atoms with Gasteiger partial charge < -0.3 is 25.4 Å². The van der Waals surface area contributed by atoms with Crippen molar-refractivity contribution >= 4 is 38.7 Å². The second-order valence-corrected chi connectivity index (χ2v) is 7.19. The summed E-state index contributed by atoms with van der Waals surface area (Å²) < 4.78 is 11.1. The van der Waals surface area contributed by atoms with E-state index in [2.05, 4.69) is 15.0 Å². The Kier molecular flexibility index (Phi) is 5.77. The van der Waals surface area contributed by atoms with Crippen molar-refractivity contribution in [2.45, 2.75) is 12.8 Å². The van der Waals surface area contributed by atoms with Gasteiger partial charge >= 0.3 is 6.09 Å². The molecule has 3 N–H and O–H groups in total. The summed E-state index contributed by atoms with van der Waals surface area (Å²) in [4.78, 5) is 29.0. The molecule has 1 aromatic heterocycles. The number of rotatable bonds is 6. The average Bonchev–Trinajstić information content (AvgIpc) is 3.08. The van der Waals surface area contributed by atoms with Gasteiger partial charge in [0.25, 0.3) is 5.91 Å². The summed E-state index contributed by atoms with van der Waals surface area (Å²) >= 11 is 1.66. The van der Waals surface area contributed by atoms with Gasteiger partial charge in [-0.2, -0.15) is 0 Å². The van der Waals surface area contributed by atoms with Crippen LogP contribution >= 0.6 is 11.3 Å². The first-order valence-electron chi connectivity index (χ1n) is 8.43. The van der Waals surface area contributed by atoms with E-state index < -0.39 is 18.6 Å². The highest BCUT2D eigenvalue weighted by atomic mass is 32.1. The quantitative estimate of drug-likeness (QED) is 0.793. The van der Waals surface area contributed by atoms with Crippen molar-refractivity contribution in [3.8, 4) is 5.75 Å². The molecule has 2 amide bonds. The minimum atomic E-state index is -0.665. The fourth-order valence-corrected chi connectivity index (χ4v) is 3.94. The third-order valence-corrected chi connectivity index (χ3v) is 5.43. The maximum absolute atomic E-state index is 11.5. The molecule has 0 radical (unpaired) electrons. The largest absolute Gasteiger partial charge is 0.497 e. The minimum absolute atomic E-state index is 0.377. The van der Waals surface area contributed by atoms with E-state index in [1.807, 2.05) is 18.2 Å². The number of amides is 2. The first-order chi connectivity index (χ1) is 12.5. The van der Waals surface area contributed by atoms with Crippen molar-refractivity contribution in [2.75, 3.05) is 38.3 Å². The molecule has 1 saturated heterocycles. The molecule has 1 aliphatic heterocycles. The van der Waals surface area contributed by atoms with E-state index in [9.17, 15) is 9.59 Å². The lowest BCUT2D eigenvalue weighted by atomic mass is 9.97. The van der Waals surface area contributed by atoms with Gasteiger partial charge in [-0.25, -0.2) is 9.78 Å². The number of alkyl carbamates (subject to hydrolysis) is 1. The SMILES string of the molecule is COc1ccc2nc(N3CCC(CNC(=O)OCC(N)=O)CC3)sc2c1. The summed E-state index contributed by atoms with van der Waals surface area (Å²) in [6.45, 7) is 1.91. The highest BCUT2D eigenvalue weighted by molar-refractivity contribution is 7.22. The van der Waals surface area contributed by atoms with E-state index in [0.29, 0.717) is 12.5 Å². The molecule has 1 fully saturated rings. The summed E-state index contributed by atoms with van der Waals surface area (Å²) in [6, 6.07) is 5.90. The predicted octanol–water partition coefficient (Wildman–Crippen LogP) is 1.73. The van der Waals surface area contributed by atoms with Gasteiger partial charge in [-0.05, 0) is 37.0 Å². The highest BCUT2D eigenvalue weighted by Gasteiger charge is 2.22. The number of primary amides is 1. The maximum Gasteiger partial charge on any atom is 0.407 e. The number of nitrogens with one attached hydrogen (secondary N) is 1. The predicted molar refractivity (Wildman–Crippen MR) is 99.7 cm³/mol. The molecule has 0 saturated carbocycles. The maximum atomic E-state index is 11.5. The topological polar surface area (TPSA) is 107 Å². The van der Waals surface area contributed by atoms with Crippen molar-refractivity contribution in [1.29, 1.82) is 0 Å². The number of ether oxygens (including phenoxy) is 2. The number of fused-ring (bicyclic) bond motifs is 1. The van der Waals surface area contributed by atoms with Crippen LogP contribution in [0.25, 0.3) is 10.2 Å². The highest BCUT2D eigenvalue weighted by Crippen LogP contribution is 2.33. The van der Waals surface area contributed by atoms with E-state index in [-0.39, 0.29) is 0 Å². The summed E-state index contributed by atoms with van der Waals surface area (Å²) in [5.41, 5.74) is 5.91. The zero-order valence-electron chi connectivity index (χ0n) is 14.6. The molecule has 0 atom stereocenters. The fraction of sp³-hybridized carbons (Fsp3) is 0.471. The lowest BCUT2D eigenvalue weighted by Crippen LogP contribution is -2.39. The summed E-state index contributed by atoms with van der Waals surface area (Å²) in [5, 5.41) is 3.70. The molecule has 0 bridgehead atoms. The molecule has 8 nitrogen and oxygen atoms in total. The molecule has 1 aliphatic rings. The van der Waals surface area contributed by atoms with Gasteiger partial charge in [0.15, 0.2) is 11.7 Å². The number of methoxy groups -OCH3 is 1. The van der Waals surface area contributed by atoms with Crippen molar-refractivity contribution in [3.63, 3.8) is 0 Å². The van der Waals surface area contributed by atoms with E-state index in [1.165, 1.54) is 0 Å². The van der Waals surface area contributed by atoms with Crippen LogP contribution in [0.3, 0.4) is 0 Å². The van der Waals surface area contributed by atoms with Crippen molar-refractivity contribution in [3.05, 3.63) is 18.2 Å². The fourth-order valence-electron chi connectivity index (χ4n) is 2.90. The van der Waals surface area contributed by atoms with E-state index in [4.69, 9.17) is 15.5 Å². The third kappa shape index (κ3) is 4.54. The Labute approximate surface area is 155 Å². The third-order valence-electron chi connectivity index (χ3n) is 4.35. The summed E-state index contributed by atoms with van der Waals surface area (Å²) in [5.74, 6) is 0.546. The molecule has 9 heteroatoms. The van der Waals surface area contributed by atoms with Crippen LogP contribution in [0.4, 0.5) is 9.93 Å². The lowest BCUT2D eigenvalue weighted by molar-refractivity contribution is -0.120. The number of nitrogens with two attached hydrogens (primary N) is 1. The van der Waals surface area contributed by atoms with Crippen molar-refractivity contribution < 1.29 is 19.1 Å². The number of anilines is 1. The number of carbonyl (C=O) groups is 2. The Hall–Kier alpha value is -2.55. The van der Waals surface area contributed by atoms with Gasteiger partial charge in [0.2, 0.25) is 0 Å². The van der Waals surface area contributed by atoms with Crippen LogP contribution in [0.1, 0.15) is 12.8 Å². The van der Waals surface area contributed by atoms with E-state index in [1.54, 1.807) is 18.4 Å². The second-order valence-electron chi connectivity index (χ2n) is 6.18. The van der Waals surface area contributed by atoms with E-state index in [0.717, 1.165) is 47.0 Å². The Morgan fingerprint density at radius 1 is 1.38 bits per heavy atom. The van der Waals surface area contributed by atoms with Crippen LogP contribution < -0.4 is 20.7 Å². The number of aromatic nitrogens is 1. The number of carbonyl (C=O) groups excluding carboxylic acids is 2.